The average molecular weight is 623 g/mol. The van der Waals surface area contributed by atoms with Crippen molar-refractivity contribution >= 4 is 39.6 Å². The minimum absolute atomic E-state index is 0.0346. The Balaban J connectivity index is 1.45. The monoisotopic (exact) mass is 622 g/mol. The Morgan fingerprint density at radius 3 is 2.33 bits per heavy atom. The van der Waals surface area contributed by atoms with Gasteiger partial charge in [-0.05, 0) is 74.7 Å². The van der Waals surface area contributed by atoms with Crippen LogP contribution in [0.2, 0.25) is 5.02 Å². The number of allylic oxidation sites excluding steroid dienone is 1. The Bertz CT molecular complexity index is 1670. The fraction of sp³-hybridized carbons (Fsp3) is 0.333. The molecule has 3 aromatic rings. The van der Waals surface area contributed by atoms with E-state index in [9.17, 15) is 18.0 Å². The summed E-state index contributed by atoms with van der Waals surface area (Å²) in [5, 5.41) is 0.555. The average Bonchev–Trinajstić information content (AvgIpc) is 3.54. The Morgan fingerprint density at radius 2 is 1.67 bits per heavy atom. The van der Waals surface area contributed by atoms with E-state index in [2.05, 4.69) is 0 Å². The minimum atomic E-state index is -3.90. The summed E-state index contributed by atoms with van der Waals surface area (Å²) in [4.78, 5) is 28.3. The fourth-order valence-electron chi connectivity index (χ4n) is 5.73. The lowest BCUT2D eigenvalue weighted by atomic mass is 9.94. The maximum absolute atomic E-state index is 13.8. The molecule has 8 nitrogen and oxygen atoms in total. The highest BCUT2D eigenvalue weighted by Gasteiger charge is 2.40. The molecule has 1 aromatic heterocycles. The second kappa shape index (κ2) is 12.9. The van der Waals surface area contributed by atoms with Crippen LogP contribution in [0.15, 0.2) is 86.8 Å². The minimum Gasteiger partial charge on any atom is -0.465 e. The summed E-state index contributed by atoms with van der Waals surface area (Å²) in [6.07, 6.45) is 6.52. The number of esters is 1. The van der Waals surface area contributed by atoms with Crippen LogP contribution in [-0.4, -0.2) is 42.7 Å². The molecule has 0 spiro atoms. The fourth-order valence-corrected chi connectivity index (χ4v) is 7.25. The number of aryl methyl sites for hydroxylation is 1. The van der Waals surface area contributed by atoms with Gasteiger partial charge in [0.15, 0.2) is 0 Å². The largest absolute Gasteiger partial charge is 0.465 e. The van der Waals surface area contributed by atoms with Crippen LogP contribution in [0.25, 0.3) is 6.08 Å². The van der Waals surface area contributed by atoms with Gasteiger partial charge in [0.2, 0.25) is 10.0 Å². The lowest BCUT2D eigenvalue weighted by Gasteiger charge is -2.32. The van der Waals surface area contributed by atoms with Crippen molar-refractivity contribution in [2.45, 2.75) is 70.0 Å². The van der Waals surface area contributed by atoms with Crippen molar-refractivity contribution in [1.29, 1.82) is 0 Å². The summed E-state index contributed by atoms with van der Waals surface area (Å²) in [6, 6.07) is 17.1. The molecule has 1 fully saturated rings. The number of rotatable bonds is 9. The van der Waals surface area contributed by atoms with Gasteiger partial charge in [0.05, 0.1) is 29.7 Å². The highest BCUT2D eigenvalue weighted by Crippen LogP contribution is 2.37. The predicted molar refractivity (Wildman–Crippen MR) is 164 cm³/mol. The van der Waals surface area contributed by atoms with Crippen LogP contribution in [0.4, 0.5) is 0 Å². The number of carbonyl (C=O) groups is 2. The molecule has 1 saturated carbocycles. The van der Waals surface area contributed by atoms with Gasteiger partial charge in [0.1, 0.15) is 11.5 Å². The summed E-state index contributed by atoms with van der Waals surface area (Å²) in [7, 11) is -2.61. The molecule has 0 saturated heterocycles. The molecule has 2 aromatic carbocycles. The molecule has 0 N–H and O–H groups in total. The number of carbonyl (C=O) groups excluding carboxylic acids is 2. The van der Waals surface area contributed by atoms with Gasteiger partial charge < -0.3 is 14.1 Å². The molecule has 0 atom stereocenters. The smallest absolute Gasteiger partial charge is 0.340 e. The lowest BCUT2D eigenvalue weighted by molar-refractivity contribution is -0.136. The van der Waals surface area contributed by atoms with Crippen molar-refractivity contribution in [3.05, 3.63) is 105 Å². The number of benzene rings is 2. The third-order valence-electron chi connectivity index (χ3n) is 8.00. The van der Waals surface area contributed by atoms with Crippen molar-refractivity contribution in [3.63, 3.8) is 0 Å². The van der Waals surface area contributed by atoms with Crippen LogP contribution >= 0.6 is 11.6 Å². The number of ether oxygens (including phenoxy) is 1. The first-order chi connectivity index (χ1) is 20.6. The highest BCUT2D eigenvalue weighted by atomic mass is 35.5. The van der Waals surface area contributed by atoms with E-state index in [1.807, 2.05) is 6.92 Å². The van der Waals surface area contributed by atoms with Crippen molar-refractivity contribution in [3.8, 4) is 0 Å². The van der Waals surface area contributed by atoms with Gasteiger partial charge in [-0.2, -0.15) is 4.31 Å². The summed E-state index contributed by atoms with van der Waals surface area (Å²) >= 11 is 6.05. The zero-order valence-electron chi connectivity index (χ0n) is 24.5. The van der Waals surface area contributed by atoms with Crippen molar-refractivity contribution < 1.29 is 27.2 Å². The number of furan rings is 1. The SMILES string of the molecule is COC(=O)C1=C(C)N(C2CCCCC2)C(=O)/C1=C/c1ccc(CN(Cc2ccc(Cl)cc2)S(=O)(=O)c2ccc(C)cc2)o1. The third-order valence-corrected chi connectivity index (χ3v) is 10.1. The van der Waals surface area contributed by atoms with Crippen molar-refractivity contribution in [2.24, 2.45) is 0 Å². The number of nitrogens with zero attached hydrogens (tertiary/aromatic N) is 2. The van der Waals surface area contributed by atoms with Gasteiger partial charge in [-0.25, -0.2) is 13.2 Å². The van der Waals surface area contributed by atoms with Crippen LogP contribution in [0.5, 0.6) is 0 Å². The quantitative estimate of drug-likeness (QED) is 0.196. The topological polar surface area (TPSA) is 97.1 Å². The maximum atomic E-state index is 13.8. The third kappa shape index (κ3) is 6.64. The molecule has 0 radical (unpaired) electrons. The first-order valence-electron chi connectivity index (χ1n) is 14.3. The molecular formula is C33H35ClN2O6S. The van der Waals surface area contributed by atoms with Crippen LogP contribution in [0.1, 0.15) is 61.7 Å². The molecule has 5 rings (SSSR count). The van der Waals surface area contributed by atoms with Crippen LogP contribution < -0.4 is 0 Å². The maximum Gasteiger partial charge on any atom is 0.340 e. The molecule has 2 heterocycles. The molecule has 0 unspecified atom stereocenters. The first-order valence-corrected chi connectivity index (χ1v) is 16.1. The van der Waals surface area contributed by atoms with Gasteiger partial charge in [-0.15, -0.1) is 0 Å². The molecular weight excluding hydrogens is 588 g/mol. The Labute approximate surface area is 257 Å². The molecule has 1 aliphatic heterocycles. The summed E-state index contributed by atoms with van der Waals surface area (Å²) < 4.78 is 40.0. The molecule has 0 bridgehead atoms. The molecule has 2 aliphatic rings. The number of hydrogen-bond donors (Lipinski definition) is 0. The van der Waals surface area contributed by atoms with E-state index >= 15 is 0 Å². The number of halogens is 1. The summed E-state index contributed by atoms with van der Waals surface area (Å²) in [6.45, 7) is 3.71. The second-order valence-corrected chi connectivity index (χ2v) is 13.4. The number of sulfonamides is 1. The molecule has 43 heavy (non-hydrogen) atoms. The van der Waals surface area contributed by atoms with Gasteiger partial charge in [0, 0.05) is 23.3 Å². The van der Waals surface area contributed by atoms with E-state index in [0.29, 0.717) is 22.2 Å². The summed E-state index contributed by atoms with van der Waals surface area (Å²) in [5.74, 6) is -0.127. The van der Waals surface area contributed by atoms with E-state index in [0.717, 1.165) is 43.2 Å². The van der Waals surface area contributed by atoms with Gasteiger partial charge >= 0.3 is 5.97 Å². The van der Waals surface area contributed by atoms with E-state index in [4.69, 9.17) is 20.8 Å². The summed E-state index contributed by atoms with van der Waals surface area (Å²) in [5.41, 5.74) is 2.73. The standard InChI is InChI=1S/C33H35ClN2O6S/c1-22-9-17-29(18-10-22)43(39,40)35(20-24-11-13-25(34)14-12-24)21-28-16-15-27(42-28)19-30-31(33(38)41-3)23(2)36(32(30)37)26-7-5-4-6-8-26/h9-19,26H,4-8,20-21H2,1-3H3/b30-19+. The van der Waals surface area contributed by atoms with Crippen molar-refractivity contribution in [1.82, 2.24) is 9.21 Å². The molecule has 226 valence electrons. The van der Waals surface area contributed by atoms with Gasteiger partial charge in [-0.1, -0.05) is 60.7 Å². The van der Waals surface area contributed by atoms with Crippen molar-refractivity contribution in [2.75, 3.05) is 7.11 Å². The predicted octanol–water partition coefficient (Wildman–Crippen LogP) is 6.64. The van der Waals surface area contributed by atoms with E-state index in [-0.39, 0.29) is 41.1 Å². The van der Waals surface area contributed by atoms with E-state index < -0.39 is 16.0 Å². The first kappa shape index (κ1) is 30.8. The molecule has 10 heteroatoms. The van der Waals surface area contributed by atoms with Crippen LogP contribution in [-0.2, 0) is 37.4 Å². The van der Waals surface area contributed by atoms with Crippen LogP contribution in [0, 0.1) is 6.92 Å². The second-order valence-electron chi connectivity index (χ2n) is 11.0. The zero-order chi connectivity index (χ0) is 30.7. The molecule has 1 amide bonds. The van der Waals surface area contributed by atoms with Gasteiger partial charge in [0.25, 0.3) is 5.91 Å². The van der Waals surface area contributed by atoms with Crippen LogP contribution in [0.3, 0.4) is 0 Å². The Morgan fingerprint density at radius 1 is 1.00 bits per heavy atom. The van der Waals surface area contributed by atoms with E-state index in [1.54, 1.807) is 78.6 Å². The highest BCUT2D eigenvalue weighted by molar-refractivity contribution is 7.89. The normalized spacial score (nSPS) is 17.4. The zero-order valence-corrected chi connectivity index (χ0v) is 26.1. The lowest BCUT2D eigenvalue weighted by Crippen LogP contribution is -2.37. The van der Waals surface area contributed by atoms with E-state index in [1.165, 1.54) is 11.4 Å². The van der Waals surface area contributed by atoms with Gasteiger partial charge in [-0.3, -0.25) is 4.79 Å². The molecule has 1 aliphatic carbocycles. The number of amides is 1. The Kier molecular flexibility index (Phi) is 9.25. The number of hydrogen-bond acceptors (Lipinski definition) is 6. The Hall–Kier alpha value is -3.66. The number of methoxy groups -OCH3 is 1.